The lowest BCUT2D eigenvalue weighted by Crippen LogP contribution is -2.21. The number of rotatable bonds is 2. The zero-order valence-electron chi connectivity index (χ0n) is 17.9. The van der Waals surface area contributed by atoms with Crippen LogP contribution in [0, 0.1) is 25.5 Å². The first-order chi connectivity index (χ1) is 14.0. The highest BCUT2D eigenvalue weighted by atomic mass is 32.2. The smallest absolute Gasteiger partial charge is 0.288 e. The van der Waals surface area contributed by atoms with Gasteiger partial charge in [0.2, 0.25) is 0 Å². The number of hydrogen-bond donors (Lipinski definition) is 1. The van der Waals surface area contributed by atoms with Gasteiger partial charge in [0, 0.05) is 22.9 Å². The van der Waals surface area contributed by atoms with Crippen LogP contribution in [0.1, 0.15) is 56.1 Å². The highest BCUT2D eigenvalue weighted by molar-refractivity contribution is 7.99. The maximum atomic E-state index is 13.4. The SMILES string of the molecule is CC.CC.Cc1cc(F)cc(F)c1.Cc1ccc(SC(F)F)c2c1CC(F)(F)C2O. The number of hydrogen-bond acceptors (Lipinski definition) is 2. The lowest BCUT2D eigenvalue weighted by Gasteiger charge is -2.15. The van der Waals surface area contributed by atoms with Crippen LogP contribution < -0.4 is 0 Å². The van der Waals surface area contributed by atoms with Crippen molar-refractivity contribution in [3.63, 3.8) is 0 Å². The summed E-state index contributed by atoms with van der Waals surface area (Å²) in [4.78, 5) is 0.0327. The van der Waals surface area contributed by atoms with Gasteiger partial charge in [-0.15, -0.1) is 0 Å². The van der Waals surface area contributed by atoms with Crippen molar-refractivity contribution in [2.75, 3.05) is 0 Å². The number of benzene rings is 2. The van der Waals surface area contributed by atoms with Crippen LogP contribution in [-0.4, -0.2) is 16.8 Å². The van der Waals surface area contributed by atoms with Gasteiger partial charge in [0.15, 0.2) is 0 Å². The minimum Gasteiger partial charge on any atom is -0.382 e. The fraction of sp³-hybridized carbons (Fsp3) is 0.455. The number of halogens is 6. The van der Waals surface area contributed by atoms with Crippen molar-refractivity contribution >= 4 is 11.8 Å². The standard InChI is InChI=1S/C11H10F4OS.C7H6F2.2C2H6/c1-5-2-3-7(17-10(12)13)8-6(5)4-11(14,15)9(8)16;1-5-2-6(8)4-7(9)3-5;2*1-2/h2-3,9-10,16H,4H2,1H3;2-4H,1H3;2*1-2H3. The van der Waals surface area contributed by atoms with Gasteiger partial charge in [0.25, 0.3) is 11.7 Å². The summed E-state index contributed by atoms with van der Waals surface area (Å²) < 4.78 is 75.7. The Balaban J connectivity index is 0.000000547. The monoisotopic (exact) mass is 454 g/mol. The number of alkyl halides is 4. The van der Waals surface area contributed by atoms with Crippen LogP contribution in [0.4, 0.5) is 26.3 Å². The maximum Gasteiger partial charge on any atom is 0.288 e. The second kappa shape index (κ2) is 12.9. The number of aryl methyl sites for hydroxylation is 2. The molecule has 0 fully saturated rings. The molecule has 1 nitrogen and oxygen atoms in total. The summed E-state index contributed by atoms with van der Waals surface area (Å²) in [6.45, 7) is 11.3. The van der Waals surface area contributed by atoms with Gasteiger partial charge < -0.3 is 5.11 Å². The summed E-state index contributed by atoms with van der Waals surface area (Å²) in [5, 5.41) is 9.52. The number of aliphatic hydroxyl groups excluding tert-OH is 1. The molecule has 1 aliphatic rings. The highest BCUT2D eigenvalue weighted by Crippen LogP contribution is 2.48. The Labute approximate surface area is 178 Å². The summed E-state index contributed by atoms with van der Waals surface area (Å²) in [7, 11) is 0. The van der Waals surface area contributed by atoms with Crippen LogP contribution >= 0.6 is 11.8 Å². The second-order valence-electron chi connectivity index (χ2n) is 5.94. The van der Waals surface area contributed by atoms with Crippen molar-refractivity contribution in [2.45, 2.75) is 70.6 Å². The molecular weight excluding hydrogens is 426 g/mol. The van der Waals surface area contributed by atoms with E-state index in [9.17, 15) is 31.4 Å². The van der Waals surface area contributed by atoms with E-state index in [-0.39, 0.29) is 27.8 Å². The van der Waals surface area contributed by atoms with Crippen LogP contribution in [0.25, 0.3) is 0 Å². The predicted molar refractivity (Wildman–Crippen MR) is 110 cm³/mol. The molecule has 0 saturated heterocycles. The minimum atomic E-state index is -3.27. The van der Waals surface area contributed by atoms with Gasteiger partial charge >= 0.3 is 0 Å². The first-order valence-corrected chi connectivity index (χ1v) is 10.4. The molecule has 0 bridgehead atoms. The molecule has 3 rings (SSSR count). The van der Waals surface area contributed by atoms with Gasteiger partial charge in [-0.3, -0.25) is 0 Å². The van der Waals surface area contributed by atoms with Crippen LogP contribution in [0.15, 0.2) is 35.2 Å². The van der Waals surface area contributed by atoms with E-state index >= 15 is 0 Å². The third-order valence-electron chi connectivity index (χ3n) is 3.86. The van der Waals surface area contributed by atoms with E-state index in [1.54, 1.807) is 13.8 Å². The van der Waals surface area contributed by atoms with E-state index in [0.29, 0.717) is 11.1 Å². The summed E-state index contributed by atoms with van der Waals surface area (Å²) >= 11 is 0.190. The summed E-state index contributed by atoms with van der Waals surface area (Å²) in [6.07, 6.45) is -2.58. The molecule has 0 aromatic heterocycles. The second-order valence-corrected chi connectivity index (χ2v) is 6.97. The lowest BCUT2D eigenvalue weighted by atomic mass is 10.0. The van der Waals surface area contributed by atoms with Gasteiger partial charge in [0.1, 0.15) is 17.7 Å². The largest absolute Gasteiger partial charge is 0.382 e. The molecule has 30 heavy (non-hydrogen) atoms. The molecule has 8 heteroatoms. The van der Waals surface area contributed by atoms with E-state index in [2.05, 4.69) is 0 Å². The topological polar surface area (TPSA) is 20.2 Å². The molecule has 170 valence electrons. The van der Waals surface area contributed by atoms with E-state index in [1.807, 2.05) is 27.7 Å². The van der Waals surface area contributed by atoms with Crippen molar-refractivity contribution in [3.05, 3.63) is 64.2 Å². The Hall–Kier alpha value is -1.67. The third-order valence-corrected chi connectivity index (χ3v) is 4.65. The van der Waals surface area contributed by atoms with Crippen molar-refractivity contribution in [1.82, 2.24) is 0 Å². The Morgan fingerprint density at radius 3 is 1.90 bits per heavy atom. The Morgan fingerprint density at radius 2 is 1.47 bits per heavy atom. The van der Waals surface area contributed by atoms with Crippen LogP contribution in [0.2, 0.25) is 0 Å². The first-order valence-electron chi connectivity index (χ1n) is 9.57. The molecule has 0 saturated carbocycles. The fourth-order valence-electron chi connectivity index (χ4n) is 2.72. The molecule has 2 aromatic carbocycles. The maximum absolute atomic E-state index is 13.4. The Bertz CT molecular complexity index is 745. The van der Waals surface area contributed by atoms with E-state index in [1.165, 1.54) is 24.3 Å². The Kier molecular flexibility index (Phi) is 12.2. The highest BCUT2D eigenvalue weighted by Gasteiger charge is 2.48. The van der Waals surface area contributed by atoms with Crippen molar-refractivity contribution in [2.24, 2.45) is 0 Å². The number of fused-ring (bicyclic) bond motifs is 1. The summed E-state index contributed by atoms with van der Waals surface area (Å²) in [6, 6.07) is 6.30. The summed E-state index contributed by atoms with van der Waals surface area (Å²) in [5.41, 5.74) is 1.44. The molecular formula is C22H28F6OS. The Morgan fingerprint density at radius 1 is 0.967 bits per heavy atom. The molecule has 0 heterocycles. The van der Waals surface area contributed by atoms with E-state index in [0.717, 1.165) is 6.07 Å². The number of thioether (sulfide) groups is 1. The van der Waals surface area contributed by atoms with Crippen molar-refractivity contribution in [1.29, 1.82) is 0 Å². The van der Waals surface area contributed by atoms with Gasteiger partial charge in [-0.25, -0.2) is 17.6 Å². The predicted octanol–water partition coefficient (Wildman–Crippen LogP) is 7.86. The van der Waals surface area contributed by atoms with Gasteiger partial charge in [-0.05, 0) is 48.7 Å². The normalized spacial score (nSPS) is 15.7. The molecule has 1 unspecified atom stereocenters. The summed E-state index contributed by atoms with van der Waals surface area (Å²) in [5.74, 6) is -7.01. The molecule has 2 aromatic rings. The van der Waals surface area contributed by atoms with Gasteiger partial charge in [-0.2, -0.15) is 8.78 Å². The van der Waals surface area contributed by atoms with E-state index < -0.39 is 35.8 Å². The van der Waals surface area contributed by atoms with Crippen LogP contribution in [0.5, 0.6) is 0 Å². The average molecular weight is 455 g/mol. The zero-order chi connectivity index (χ0) is 23.6. The third kappa shape index (κ3) is 7.87. The molecule has 0 radical (unpaired) electrons. The van der Waals surface area contributed by atoms with Crippen LogP contribution in [0.3, 0.4) is 0 Å². The molecule has 1 atom stereocenters. The fourth-order valence-corrected chi connectivity index (χ4v) is 3.42. The lowest BCUT2D eigenvalue weighted by molar-refractivity contribution is -0.0976. The van der Waals surface area contributed by atoms with Crippen molar-refractivity contribution < 1.29 is 31.4 Å². The number of aliphatic hydroxyl groups is 1. The molecule has 0 aliphatic heterocycles. The zero-order valence-corrected chi connectivity index (χ0v) is 18.7. The molecule has 1 N–H and O–H groups in total. The minimum absolute atomic E-state index is 0.0327. The average Bonchev–Trinajstić information content (AvgIpc) is 2.91. The molecule has 0 spiro atoms. The van der Waals surface area contributed by atoms with Gasteiger partial charge in [0.05, 0.1) is 0 Å². The molecule has 1 aliphatic carbocycles. The van der Waals surface area contributed by atoms with Crippen LogP contribution in [-0.2, 0) is 6.42 Å². The van der Waals surface area contributed by atoms with Crippen molar-refractivity contribution in [3.8, 4) is 0 Å². The molecule has 0 amide bonds. The first kappa shape index (κ1) is 28.3. The quantitative estimate of drug-likeness (QED) is 0.368. The van der Waals surface area contributed by atoms with E-state index in [4.69, 9.17) is 0 Å². The van der Waals surface area contributed by atoms with Gasteiger partial charge in [-0.1, -0.05) is 45.5 Å².